The van der Waals surface area contributed by atoms with Crippen LogP contribution in [0.1, 0.15) is 33.1 Å². The standard InChI is InChI=1S/C11H22N2O/c1-4-8-13-11(14)9(2)6-5-7-10(3)12/h4,9-10H,1,5-8,12H2,2-3H3,(H,13,14). The van der Waals surface area contributed by atoms with Gasteiger partial charge in [0, 0.05) is 18.5 Å². The largest absolute Gasteiger partial charge is 0.352 e. The van der Waals surface area contributed by atoms with Crippen LogP contribution in [-0.4, -0.2) is 18.5 Å². The number of nitrogens with one attached hydrogen (secondary N) is 1. The summed E-state index contributed by atoms with van der Waals surface area (Å²) >= 11 is 0. The van der Waals surface area contributed by atoms with E-state index in [0.29, 0.717) is 6.54 Å². The Balaban J connectivity index is 3.56. The minimum atomic E-state index is 0.0775. The van der Waals surface area contributed by atoms with Gasteiger partial charge in [0.1, 0.15) is 0 Å². The maximum Gasteiger partial charge on any atom is 0.223 e. The first-order chi connectivity index (χ1) is 6.57. The van der Waals surface area contributed by atoms with E-state index < -0.39 is 0 Å². The number of nitrogens with two attached hydrogens (primary N) is 1. The van der Waals surface area contributed by atoms with Crippen molar-refractivity contribution in [2.45, 2.75) is 39.2 Å². The third-order valence-electron chi connectivity index (χ3n) is 2.16. The average molecular weight is 198 g/mol. The monoisotopic (exact) mass is 198 g/mol. The summed E-state index contributed by atoms with van der Waals surface area (Å²) in [4.78, 5) is 11.4. The van der Waals surface area contributed by atoms with E-state index in [1.165, 1.54) is 0 Å². The molecule has 2 unspecified atom stereocenters. The predicted octanol–water partition coefficient (Wildman–Crippen LogP) is 1.44. The molecule has 0 radical (unpaired) electrons. The van der Waals surface area contributed by atoms with Crippen LogP contribution in [-0.2, 0) is 4.79 Å². The molecule has 14 heavy (non-hydrogen) atoms. The first-order valence-electron chi connectivity index (χ1n) is 5.22. The third-order valence-corrected chi connectivity index (χ3v) is 2.16. The number of hydrogen-bond acceptors (Lipinski definition) is 2. The molecule has 82 valence electrons. The molecule has 0 rings (SSSR count). The summed E-state index contributed by atoms with van der Waals surface area (Å²) in [5, 5.41) is 2.78. The smallest absolute Gasteiger partial charge is 0.223 e. The molecule has 0 bridgehead atoms. The summed E-state index contributed by atoms with van der Waals surface area (Å²) in [6, 6.07) is 0.235. The molecule has 1 amide bonds. The van der Waals surface area contributed by atoms with Gasteiger partial charge >= 0.3 is 0 Å². The fourth-order valence-corrected chi connectivity index (χ4v) is 1.22. The van der Waals surface area contributed by atoms with Gasteiger partial charge in [-0.2, -0.15) is 0 Å². The summed E-state index contributed by atoms with van der Waals surface area (Å²) < 4.78 is 0. The second-order valence-electron chi connectivity index (χ2n) is 3.84. The molecule has 0 aromatic rings. The van der Waals surface area contributed by atoms with Crippen molar-refractivity contribution < 1.29 is 4.79 Å². The van der Waals surface area contributed by atoms with Gasteiger partial charge in [-0.05, 0) is 19.8 Å². The van der Waals surface area contributed by atoms with Crippen LogP contribution in [0, 0.1) is 5.92 Å². The molecule has 0 aliphatic carbocycles. The van der Waals surface area contributed by atoms with Crippen molar-refractivity contribution in [2.24, 2.45) is 11.7 Å². The van der Waals surface area contributed by atoms with E-state index in [2.05, 4.69) is 11.9 Å². The van der Waals surface area contributed by atoms with Gasteiger partial charge in [0.15, 0.2) is 0 Å². The molecule has 0 saturated heterocycles. The molecule has 0 aliphatic heterocycles. The van der Waals surface area contributed by atoms with Crippen LogP contribution in [0.15, 0.2) is 12.7 Å². The lowest BCUT2D eigenvalue weighted by Gasteiger charge is -2.11. The molecule has 3 heteroatoms. The first-order valence-corrected chi connectivity index (χ1v) is 5.22. The highest BCUT2D eigenvalue weighted by Crippen LogP contribution is 2.08. The molecule has 0 spiro atoms. The predicted molar refractivity (Wildman–Crippen MR) is 59.9 cm³/mol. The molecule has 3 nitrogen and oxygen atoms in total. The van der Waals surface area contributed by atoms with E-state index in [9.17, 15) is 4.79 Å². The summed E-state index contributed by atoms with van der Waals surface area (Å²) in [6.45, 7) is 8.03. The Morgan fingerprint density at radius 3 is 2.64 bits per heavy atom. The van der Waals surface area contributed by atoms with Crippen LogP contribution in [0.2, 0.25) is 0 Å². The lowest BCUT2D eigenvalue weighted by atomic mass is 10.0. The Morgan fingerprint density at radius 2 is 2.14 bits per heavy atom. The Hall–Kier alpha value is -0.830. The van der Waals surface area contributed by atoms with Gasteiger partial charge in [-0.1, -0.05) is 19.4 Å². The number of carbonyl (C=O) groups is 1. The molecule has 0 aliphatic rings. The Morgan fingerprint density at radius 1 is 1.50 bits per heavy atom. The first kappa shape index (κ1) is 13.2. The summed E-state index contributed by atoms with van der Waals surface area (Å²) in [7, 11) is 0. The van der Waals surface area contributed by atoms with Crippen LogP contribution in [0.5, 0.6) is 0 Å². The zero-order valence-electron chi connectivity index (χ0n) is 9.25. The minimum Gasteiger partial charge on any atom is -0.352 e. The van der Waals surface area contributed by atoms with Crippen molar-refractivity contribution in [3.63, 3.8) is 0 Å². The van der Waals surface area contributed by atoms with E-state index in [1.807, 2.05) is 13.8 Å². The van der Waals surface area contributed by atoms with Gasteiger partial charge < -0.3 is 11.1 Å². The summed E-state index contributed by atoms with van der Waals surface area (Å²) in [5.74, 6) is 0.184. The molecule has 0 saturated carbocycles. The highest BCUT2D eigenvalue weighted by molar-refractivity contribution is 5.78. The molecule has 3 N–H and O–H groups in total. The number of amides is 1. The second-order valence-corrected chi connectivity index (χ2v) is 3.84. The minimum absolute atomic E-state index is 0.0775. The van der Waals surface area contributed by atoms with E-state index in [4.69, 9.17) is 5.73 Å². The van der Waals surface area contributed by atoms with Gasteiger partial charge in [-0.25, -0.2) is 0 Å². The van der Waals surface area contributed by atoms with Crippen molar-refractivity contribution in [2.75, 3.05) is 6.54 Å². The van der Waals surface area contributed by atoms with Crippen LogP contribution in [0.4, 0.5) is 0 Å². The highest BCUT2D eigenvalue weighted by atomic mass is 16.1. The van der Waals surface area contributed by atoms with E-state index in [1.54, 1.807) is 6.08 Å². The molecule has 0 fully saturated rings. The van der Waals surface area contributed by atoms with Crippen molar-refractivity contribution in [1.29, 1.82) is 0 Å². The summed E-state index contributed by atoms with van der Waals surface area (Å²) in [5.41, 5.74) is 5.62. The van der Waals surface area contributed by atoms with Gasteiger partial charge in [0.25, 0.3) is 0 Å². The fourth-order valence-electron chi connectivity index (χ4n) is 1.22. The van der Waals surface area contributed by atoms with E-state index >= 15 is 0 Å². The lowest BCUT2D eigenvalue weighted by Crippen LogP contribution is -2.29. The molecule has 0 aromatic carbocycles. The number of rotatable bonds is 7. The van der Waals surface area contributed by atoms with Crippen molar-refractivity contribution in [3.05, 3.63) is 12.7 Å². The molecular formula is C11H22N2O. The lowest BCUT2D eigenvalue weighted by molar-refractivity contribution is -0.124. The van der Waals surface area contributed by atoms with Crippen LogP contribution >= 0.6 is 0 Å². The van der Waals surface area contributed by atoms with Gasteiger partial charge in [0.2, 0.25) is 5.91 Å². The molecule has 0 heterocycles. The Kier molecular flexibility index (Phi) is 7.11. The number of hydrogen-bond donors (Lipinski definition) is 2. The topological polar surface area (TPSA) is 55.1 Å². The fraction of sp³-hybridized carbons (Fsp3) is 0.727. The maximum atomic E-state index is 11.4. The van der Waals surface area contributed by atoms with Gasteiger partial charge in [-0.3, -0.25) is 4.79 Å². The van der Waals surface area contributed by atoms with E-state index in [-0.39, 0.29) is 17.9 Å². The maximum absolute atomic E-state index is 11.4. The quantitative estimate of drug-likeness (QED) is 0.608. The normalized spacial score (nSPS) is 14.5. The Labute approximate surface area is 86.8 Å². The van der Waals surface area contributed by atoms with E-state index in [0.717, 1.165) is 19.3 Å². The zero-order valence-corrected chi connectivity index (χ0v) is 9.25. The van der Waals surface area contributed by atoms with Crippen molar-refractivity contribution >= 4 is 5.91 Å². The highest BCUT2D eigenvalue weighted by Gasteiger charge is 2.11. The second kappa shape index (κ2) is 7.56. The van der Waals surface area contributed by atoms with Crippen molar-refractivity contribution in [3.8, 4) is 0 Å². The van der Waals surface area contributed by atoms with Crippen LogP contribution < -0.4 is 11.1 Å². The summed E-state index contributed by atoms with van der Waals surface area (Å²) in [6.07, 6.45) is 4.59. The number of carbonyl (C=O) groups excluding carboxylic acids is 1. The van der Waals surface area contributed by atoms with Gasteiger partial charge in [0.05, 0.1) is 0 Å². The van der Waals surface area contributed by atoms with Gasteiger partial charge in [-0.15, -0.1) is 6.58 Å². The molecule has 2 atom stereocenters. The average Bonchev–Trinajstić information content (AvgIpc) is 2.13. The van der Waals surface area contributed by atoms with Crippen LogP contribution in [0.25, 0.3) is 0 Å². The molecule has 0 aromatic heterocycles. The van der Waals surface area contributed by atoms with Crippen molar-refractivity contribution in [1.82, 2.24) is 5.32 Å². The SMILES string of the molecule is C=CCNC(=O)C(C)CCCC(C)N. The third kappa shape index (κ3) is 6.66. The molecular weight excluding hydrogens is 176 g/mol. The Bertz CT molecular complexity index is 178. The van der Waals surface area contributed by atoms with Crippen LogP contribution in [0.3, 0.4) is 0 Å². The zero-order chi connectivity index (χ0) is 11.0.